The van der Waals surface area contributed by atoms with Crippen LogP contribution < -0.4 is 11.1 Å². The summed E-state index contributed by atoms with van der Waals surface area (Å²) in [5, 5.41) is 3.24. The van der Waals surface area contributed by atoms with Gasteiger partial charge in [0.1, 0.15) is 11.4 Å². The van der Waals surface area contributed by atoms with E-state index in [1.165, 1.54) is 12.1 Å². The summed E-state index contributed by atoms with van der Waals surface area (Å²) in [7, 11) is 0. The number of primary amides is 1. The summed E-state index contributed by atoms with van der Waals surface area (Å²) < 4.78 is 12.9. The van der Waals surface area contributed by atoms with Crippen LogP contribution in [0, 0.1) is 11.7 Å². The van der Waals surface area contributed by atoms with Crippen LogP contribution in [0.15, 0.2) is 24.3 Å². The van der Waals surface area contributed by atoms with Crippen molar-refractivity contribution in [2.45, 2.75) is 44.6 Å². The Balaban J connectivity index is 2.19. The minimum absolute atomic E-state index is 0.284. The van der Waals surface area contributed by atoms with E-state index in [1.54, 1.807) is 12.1 Å². The molecule has 0 radical (unpaired) electrons. The molecule has 1 aliphatic carbocycles. The monoisotopic (exact) mass is 264 g/mol. The van der Waals surface area contributed by atoms with Crippen molar-refractivity contribution in [3.8, 4) is 0 Å². The van der Waals surface area contributed by atoms with Crippen molar-refractivity contribution in [2.75, 3.05) is 5.32 Å². The predicted molar refractivity (Wildman–Crippen MR) is 74.2 cm³/mol. The summed E-state index contributed by atoms with van der Waals surface area (Å²) in [6, 6.07) is 6.07. The zero-order valence-electron chi connectivity index (χ0n) is 11.3. The Hall–Kier alpha value is -1.58. The van der Waals surface area contributed by atoms with Crippen molar-refractivity contribution >= 4 is 11.6 Å². The molecule has 2 unspecified atom stereocenters. The van der Waals surface area contributed by atoms with E-state index in [4.69, 9.17) is 5.73 Å². The molecule has 1 aromatic carbocycles. The van der Waals surface area contributed by atoms with Crippen LogP contribution in [0.2, 0.25) is 0 Å². The van der Waals surface area contributed by atoms with Crippen molar-refractivity contribution in [1.29, 1.82) is 0 Å². The highest BCUT2D eigenvalue weighted by Gasteiger charge is 2.40. The molecule has 3 nitrogen and oxygen atoms in total. The number of rotatable bonds is 4. The van der Waals surface area contributed by atoms with E-state index in [2.05, 4.69) is 12.2 Å². The molecule has 104 valence electrons. The van der Waals surface area contributed by atoms with Gasteiger partial charge in [-0.2, -0.15) is 0 Å². The third-order valence-electron chi connectivity index (χ3n) is 4.13. The lowest BCUT2D eigenvalue weighted by Gasteiger charge is -2.39. The van der Waals surface area contributed by atoms with Gasteiger partial charge in [-0.1, -0.05) is 26.2 Å². The fourth-order valence-corrected chi connectivity index (χ4v) is 2.95. The fourth-order valence-electron chi connectivity index (χ4n) is 2.95. The highest BCUT2D eigenvalue weighted by atomic mass is 19.1. The van der Waals surface area contributed by atoms with E-state index in [-0.39, 0.29) is 11.7 Å². The minimum Gasteiger partial charge on any atom is -0.371 e. The molecule has 0 aliphatic heterocycles. The topological polar surface area (TPSA) is 55.1 Å². The van der Waals surface area contributed by atoms with Crippen molar-refractivity contribution in [2.24, 2.45) is 11.7 Å². The Bertz CT molecular complexity index is 446. The summed E-state index contributed by atoms with van der Waals surface area (Å²) in [5.74, 6) is -0.0714. The molecule has 1 saturated carbocycles. The van der Waals surface area contributed by atoms with Crippen LogP contribution in [0.25, 0.3) is 0 Å². The van der Waals surface area contributed by atoms with E-state index >= 15 is 0 Å². The Labute approximate surface area is 113 Å². The third kappa shape index (κ3) is 3.06. The number of hydrogen-bond donors (Lipinski definition) is 2. The zero-order chi connectivity index (χ0) is 13.9. The van der Waals surface area contributed by atoms with Gasteiger partial charge in [-0.25, -0.2) is 4.39 Å². The predicted octanol–water partition coefficient (Wildman–Crippen LogP) is 3.06. The molecule has 3 N–H and O–H groups in total. The summed E-state index contributed by atoms with van der Waals surface area (Å²) in [6.45, 7) is 2.14. The largest absolute Gasteiger partial charge is 0.371 e. The number of carbonyl (C=O) groups is 1. The molecular weight excluding hydrogens is 243 g/mol. The average Bonchev–Trinajstić information content (AvgIpc) is 2.41. The first kappa shape index (κ1) is 13.8. The second-order valence-corrected chi connectivity index (χ2v) is 5.45. The van der Waals surface area contributed by atoms with Crippen molar-refractivity contribution < 1.29 is 9.18 Å². The zero-order valence-corrected chi connectivity index (χ0v) is 11.3. The molecular formula is C15H21FN2O. The first-order valence-corrected chi connectivity index (χ1v) is 6.89. The van der Waals surface area contributed by atoms with Crippen LogP contribution in [0.3, 0.4) is 0 Å². The van der Waals surface area contributed by atoms with E-state index in [0.29, 0.717) is 5.92 Å². The molecule has 1 aromatic rings. The number of nitrogens with one attached hydrogen (secondary N) is 1. The number of halogens is 1. The summed E-state index contributed by atoms with van der Waals surface area (Å²) >= 11 is 0. The molecule has 19 heavy (non-hydrogen) atoms. The Morgan fingerprint density at radius 2 is 2.16 bits per heavy atom. The quantitative estimate of drug-likeness (QED) is 0.878. The van der Waals surface area contributed by atoms with E-state index in [1.807, 2.05) is 0 Å². The number of amides is 1. The second kappa shape index (κ2) is 5.59. The van der Waals surface area contributed by atoms with Gasteiger partial charge in [0.2, 0.25) is 5.91 Å². The summed E-state index contributed by atoms with van der Waals surface area (Å²) in [6.07, 6.45) is 4.71. The lowest BCUT2D eigenvalue weighted by molar-refractivity contribution is -0.123. The summed E-state index contributed by atoms with van der Waals surface area (Å²) in [4.78, 5) is 11.9. The van der Waals surface area contributed by atoms with Gasteiger partial charge in [-0.3, -0.25) is 4.79 Å². The maximum atomic E-state index is 12.9. The molecule has 2 rings (SSSR count). The van der Waals surface area contributed by atoms with E-state index in [9.17, 15) is 9.18 Å². The lowest BCUT2D eigenvalue weighted by atomic mass is 9.74. The van der Waals surface area contributed by atoms with Gasteiger partial charge in [-0.15, -0.1) is 0 Å². The smallest absolute Gasteiger partial charge is 0.243 e. The van der Waals surface area contributed by atoms with E-state index < -0.39 is 5.54 Å². The molecule has 1 aliphatic rings. The number of nitrogens with two attached hydrogens (primary N) is 1. The Morgan fingerprint density at radius 1 is 1.47 bits per heavy atom. The van der Waals surface area contributed by atoms with Crippen LogP contribution in [-0.2, 0) is 4.79 Å². The number of hydrogen-bond acceptors (Lipinski definition) is 2. The average molecular weight is 264 g/mol. The fraction of sp³-hybridized carbons (Fsp3) is 0.533. The van der Waals surface area contributed by atoms with Gasteiger partial charge in [0.15, 0.2) is 0 Å². The SMILES string of the molecule is CCC1CCCC(Nc2ccc(F)cc2)(C(N)=O)C1. The summed E-state index contributed by atoms with van der Waals surface area (Å²) in [5.41, 5.74) is 5.68. The van der Waals surface area contributed by atoms with Crippen LogP contribution in [0.4, 0.5) is 10.1 Å². The number of anilines is 1. The molecule has 0 heterocycles. The molecule has 1 fully saturated rings. The normalized spacial score (nSPS) is 26.9. The van der Waals surface area contributed by atoms with E-state index in [0.717, 1.165) is 37.8 Å². The first-order valence-electron chi connectivity index (χ1n) is 6.89. The first-order chi connectivity index (χ1) is 9.05. The molecule has 0 bridgehead atoms. The van der Waals surface area contributed by atoms with Crippen LogP contribution in [0.5, 0.6) is 0 Å². The molecule has 0 saturated heterocycles. The van der Waals surface area contributed by atoms with Gasteiger partial charge in [0.05, 0.1) is 0 Å². The second-order valence-electron chi connectivity index (χ2n) is 5.45. The van der Waals surface area contributed by atoms with Crippen molar-refractivity contribution in [1.82, 2.24) is 0 Å². The maximum absolute atomic E-state index is 12.9. The van der Waals surface area contributed by atoms with Crippen LogP contribution in [0.1, 0.15) is 39.0 Å². The molecule has 0 spiro atoms. The molecule has 1 amide bonds. The maximum Gasteiger partial charge on any atom is 0.243 e. The minimum atomic E-state index is -0.684. The number of benzene rings is 1. The lowest BCUT2D eigenvalue weighted by Crippen LogP contribution is -2.53. The molecule has 4 heteroatoms. The van der Waals surface area contributed by atoms with Gasteiger partial charge in [0, 0.05) is 5.69 Å². The number of carbonyl (C=O) groups excluding carboxylic acids is 1. The van der Waals surface area contributed by atoms with Gasteiger partial charge >= 0.3 is 0 Å². The standard InChI is InChI=1S/C15H21FN2O/c1-2-11-4-3-9-15(10-11,14(17)19)18-13-7-5-12(16)6-8-13/h5-8,11,18H,2-4,9-10H2,1H3,(H2,17,19). The Morgan fingerprint density at radius 3 is 2.74 bits per heavy atom. The Kier molecular flexibility index (Phi) is 4.08. The van der Waals surface area contributed by atoms with Crippen LogP contribution >= 0.6 is 0 Å². The third-order valence-corrected chi connectivity index (χ3v) is 4.13. The van der Waals surface area contributed by atoms with Gasteiger partial charge < -0.3 is 11.1 Å². The molecule has 0 aromatic heterocycles. The van der Waals surface area contributed by atoms with Crippen LogP contribution in [-0.4, -0.2) is 11.4 Å². The van der Waals surface area contributed by atoms with Crippen molar-refractivity contribution in [3.63, 3.8) is 0 Å². The van der Waals surface area contributed by atoms with Crippen molar-refractivity contribution in [3.05, 3.63) is 30.1 Å². The van der Waals surface area contributed by atoms with Gasteiger partial charge in [0.25, 0.3) is 0 Å². The highest BCUT2D eigenvalue weighted by molar-refractivity contribution is 5.88. The highest BCUT2D eigenvalue weighted by Crippen LogP contribution is 2.36. The van der Waals surface area contributed by atoms with Gasteiger partial charge in [-0.05, 0) is 43.0 Å². The molecule has 2 atom stereocenters.